The smallest absolute Gasteiger partial charge is 0.307 e. The van der Waals surface area contributed by atoms with E-state index >= 15 is 0 Å². The summed E-state index contributed by atoms with van der Waals surface area (Å²) in [4.78, 5) is 25.9. The summed E-state index contributed by atoms with van der Waals surface area (Å²) in [6, 6.07) is 22.1. The van der Waals surface area contributed by atoms with Crippen molar-refractivity contribution in [1.82, 2.24) is 0 Å². The molecule has 0 unspecified atom stereocenters. The van der Waals surface area contributed by atoms with Gasteiger partial charge in [-0.15, -0.1) is 6.42 Å². The Kier molecular flexibility index (Phi) is 8.72. The fourth-order valence-electron chi connectivity index (χ4n) is 3.86. The van der Waals surface area contributed by atoms with Crippen LogP contribution in [-0.2, 0) is 9.53 Å². The molecule has 0 aliphatic carbocycles. The van der Waals surface area contributed by atoms with Crippen molar-refractivity contribution >= 4 is 35.0 Å². The predicted molar refractivity (Wildman–Crippen MR) is 133 cm³/mol. The zero-order valence-corrected chi connectivity index (χ0v) is 19.8. The summed E-state index contributed by atoms with van der Waals surface area (Å²) >= 11 is 12.7. The molecule has 0 spiro atoms. The molecule has 0 aliphatic heterocycles. The highest BCUT2D eigenvalue weighted by atomic mass is 35.5. The molecular weight excluding hydrogens is 455 g/mol. The second kappa shape index (κ2) is 11.7. The summed E-state index contributed by atoms with van der Waals surface area (Å²) in [5.74, 6) is 1.10. The number of aryl methyl sites for hydroxylation is 1. The Hall–Kier alpha value is -3.06. The predicted octanol–water partition coefficient (Wildman–Crippen LogP) is 7.01. The number of esters is 1. The molecule has 3 rings (SSSR count). The van der Waals surface area contributed by atoms with Gasteiger partial charge in [0.05, 0.1) is 6.42 Å². The lowest BCUT2D eigenvalue weighted by Gasteiger charge is -2.28. The number of halogens is 2. The van der Waals surface area contributed by atoms with E-state index in [1.165, 1.54) is 0 Å². The topological polar surface area (TPSA) is 43.4 Å². The number of hydrogen-bond donors (Lipinski definition) is 0. The number of benzene rings is 3. The van der Waals surface area contributed by atoms with Crippen LogP contribution in [-0.4, -0.2) is 18.4 Å². The lowest BCUT2D eigenvalue weighted by molar-refractivity contribution is -0.142. The number of ether oxygens (including phenoxy) is 1. The SMILES string of the molecule is C#CCOC(=O)C[C@@H](c1ccccc1Cl)[C@@H](CC(=O)c1ccc(C)cc1)c1ccc(Cl)cc1. The third kappa shape index (κ3) is 6.71. The average Bonchev–Trinajstić information content (AvgIpc) is 2.81. The average molecular weight is 479 g/mol. The molecule has 0 saturated carbocycles. The lowest BCUT2D eigenvalue weighted by Crippen LogP contribution is -2.20. The second-order valence-corrected chi connectivity index (χ2v) is 8.69. The van der Waals surface area contributed by atoms with Gasteiger partial charge in [-0.05, 0) is 42.2 Å². The van der Waals surface area contributed by atoms with Gasteiger partial charge in [0, 0.05) is 27.9 Å². The number of carbonyl (C=O) groups is 2. The van der Waals surface area contributed by atoms with E-state index in [9.17, 15) is 9.59 Å². The first-order valence-corrected chi connectivity index (χ1v) is 11.3. The van der Waals surface area contributed by atoms with Gasteiger partial charge in [0.25, 0.3) is 0 Å². The Labute approximate surface area is 204 Å². The molecule has 0 fully saturated rings. The Morgan fingerprint density at radius 3 is 2.21 bits per heavy atom. The summed E-state index contributed by atoms with van der Waals surface area (Å²) in [7, 11) is 0. The van der Waals surface area contributed by atoms with E-state index in [-0.39, 0.29) is 31.1 Å². The van der Waals surface area contributed by atoms with Crippen molar-refractivity contribution in [2.24, 2.45) is 0 Å². The van der Waals surface area contributed by atoms with Crippen molar-refractivity contribution in [3.05, 3.63) is 105 Å². The molecule has 3 aromatic rings. The van der Waals surface area contributed by atoms with Crippen LogP contribution in [0.15, 0.2) is 72.8 Å². The van der Waals surface area contributed by atoms with Gasteiger partial charge in [-0.3, -0.25) is 9.59 Å². The third-order valence-electron chi connectivity index (χ3n) is 5.57. The molecule has 0 bridgehead atoms. The minimum absolute atomic E-state index is 0.0241. The van der Waals surface area contributed by atoms with Gasteiger partial charge in [-0.25, -0.2) is 0 Å². The third-order valence-corrected chi connectivity index (χ3v) is 6.17. The van der Waals surface area contributed by atoms with Crippen LogP contribution in [0, 0.1) is 19.3 Å². The van der Waals surface area contributed by atoms with E-state index in [2.05, 4.69) is 5.92 Å². The van der Waals surface area contributed by atoms with Gasteiger partial charge in [-0.1, -0.05) is 89.3 Å². The second-order valence-electron chi connectivity index (χ2n) is 7.85. The molecule has 5 heteroatoms. The highest BCUT2D eigenvalue weighted by Gasteiger charge is 2.31. The van der Waals surface area contributed by atoms with Gasteiger partial charge in [0.2, 0.25) is 0 Å². The molecule has 3 aromatic carbocycles. The van der Waals surface area contributed by atoms with E-state index in [1.807, 2.05) is 61.5 Å². The van der Waals surface area contributed by atoms with Crippen molar-refractivity contribution in [2.75, 3.05) is 6.61 Å². The number of hydrogen-bond acceptors (Lipinski definition) is 3. The number of terminal acetylenes is 1. The zero-order chi connectivity index (χ0) is 23.8. The van der Waals surface area contributed by atoms with Crippen LogP contribution in [0.3, 0.4) is 0 Å². The van der Waals surface area contributed by atoms with Gasteiger partial charge in [-0.2, -0.15) is 0 Å². The first kappa shape index (κ1) is 24.6. The van der Waals surface area contributed by atoms with Crippen LogP contribution in [0.25, 0.3) is 0 Å². The van der Waals surface area contributed by atoms with Crippen LogP contribution >= 0.6 is 23.2 Å². The van der Waals surface area contributed by atoms with Crippen molar-refractivity contribution in [1.29, 1.82) is 0 Å². The summed E-state index contributed by atoms with van der Waals surface area (Å²) in [5.41, 5.74) is 3.35. The first-order chi connectivity index (χ1) is 15.9. The molecular formula is C28H24Cl2O3. The monoisotopic (exact) mass is 478 g/mol. The van der Waals surface area contributed by atoms with Gasteiger partial charge in [0.1, 0.15) is 0 Å². The van der Waals surface area contributed by atoms with Gasteiger partial charge in [0.15, 0.2) is 12.4 Å². The zero-order valence-electron chi connectivity index (χ0n) is 18.3. The molecule has 0 amide bonds. The van der Waals surface area contributed by atoms with Crippen LogP contribution < -0.4 is 0 Å². The Bertz CT molecular complexity index is 1150. The number of Topliss-reactive ketones (excluding diaryl/α,β-unsaturated/α-hetero) is 1. The van der Waals surface area contributed by atoms with Crippen LogP contribution in [0.5, 0.6) is 0 Å². The molecule has 2 atom stereocenters. The standard InChI is InChI=1S/C28H24Cl2O3/c1-3-16-33-28(32)18-25(23-6-4-5-7-26(23)30)24(20-12-14-22(29)15-13-20)17-27(31)21-10-8-19(2)9-11-21/h1,4-15,24-25H,16-18H2,2H3/t24-,25-/m0/s1. The van der Waals surface area contributed by atoms with Crippen molar-refractivity contribution in [3.63, 3.8) is 0 Å². The van der Waals surface area contributed by atoms with E-state index in [4.69, 9.17) is 34.4 Å². The van der Waals surface area contributed by atoms with Crippen LogP contribution in [0.2, 0.25) is 10.0 Å². The number of ketones is 1. The summed E-state index contributed by atoms with van der Waals surface area (Å²) in [6.07, 6.45) is 5.45. The molecule has 0 radical (unpaired) electrons. The fourth-order valence-corrected chi connectivity index (χ4v) is 4.27. The minimum Gasteiger partial charge on any atom is -0.452 e. The molecule has 0 N–H and O–H groups in total. The Morgan fingerprint density at radius 1 is 0.909 bits per heavy atom. The van der Waals surface area contributed by atoms with Gasteiger partial charge < -0.3 is 4.74 Å². The minimum atomic E-state index is -0.445. The highest BCUT2D eigenvalue weighted by Crippen LogP contribution is 2.42. The quantitative estimate of drug-likeness (QED) is 0.188. The fraction of sp³-hybridized carbons (Fsp3) is 0.214. The molecule has 3 nitrogen and oxygen atoms in total. The van der Waals surface area contributed by atoms with Crippen molar-refractivity contribution < 1.29 is 14.3 Å². The van der Waals surface area contributed by atoms with E-state index in [0.717, 1.165) is 16.7 Å². The van der Waals surface area contributed by atoms with Crippen LogP contribution in [0.4, 0.5) is 0 Å². The summed E-state index contributed by atoms with van der Waals surface area (Å²) in [6.45, 7) is 1.86. The van der Waals surface area contributed by atoms with Gasteiger partial charge >= 0.3 is 5.97 Å². The van der Waals surface area contributed by atoms with Crippen molar-refractivity contribution in [3.8, 4) is 12.3 Å². The number of rotatable bonds is 9. The van der Waals surface area contributed by atoms with E-state index in [1.54, 1.807) is 18.2 Å². The number of carbonyl (C=O) groups excluding carboxylic acids is 2. The molecule has 0 aliphatic rings. The largest absolute Gasteiger partial charge is 0.452 e. The maximum atomic E-state index is 13.3. The maximum Gasteiger partial charge on any atom is 0.307 e. The van der Waals surface area contributed by atoms with Crippen molar-refractivity contribution in [2.45, 2.75) is 31.6 Å². The molecule has 168 valence electrons. The van der Waals surface area contributed by atoms with E-state index < -0.39 is 11.9 Å². The van der Waals surface area contributed by atoms with E-state index in [0.29, 0.717) is 15.6 Å². The maximum absolute atomic E-state index is 13.3. The molecule has 0 saturated heterocycles. The molecule has 33 heavy (non-hydrogen) atoms. The summed E-state index contributed by atoms with van der Waals surface area (Å²) in [5, 5.41) is 1.11. The molecule has 0 heterocycles. The first-order valence-electron chi connectivity index (χ1n) is 10.6. The normalized spacial score (nSPS) is 12.4. The van der Waals surface area contributed by atoms with Crippen LogP contribution in [0.1, 0.15) is 51.7 Å². The summed E-state index contributed by atoms with van der Waals surface area (Å²) < 4.78 is 5.17. The lowest BCUT2D eigenvalue weighted by atomic mass is 9.76. The Balaban J connectivity index is 2.04. The molecule has 0 aromatic heterocycles. The Morgan fingerprint density at radius 2 is 1.58 bits per heavy atom. The highest BCUT2D eigenvalue weighted by molar-refractivity contribution is 6.31.